The average molecular weight is 432 g/mol. The maximum absolute atomic E-state index is 12.9. The van der Waals surface area contributed by atoms with E-state index in [0.29, 0.717) is 18.4 Å². The molecule has 3 rings (SSSR count). The number of rotatable bonds is 4. The van der Waals surface area contributed by atoms with Gasteiger partial charge in [0.05, 0.1) is 11.1 Å². The SMILES string of the molecule is Cc1cc(NC(=O)N[C@H]2C[C@H](Oc3ccc(C(F)(F)F)cc3)C2)cc(C(F)(F)F)c1. The van der Waals surface area contributed by atoms with Crippen LogP contribution in [0.15, 0.2) is 42.5 Å². The van der Waals surface area contributed by atoms with Crippen molar-refractivity contribution in [2.45, 2.75) is 44.3 Å². The number of ether oxygens (including phenoxy) is 1. The Kier molecular flexibility index (Phi) is 5.87. The Balaban J connectivity index is 1.47. The Morgan fingerprint density at radius 2 is 1.53 bits per heavy atom. The first kappa shape index (κ1) is 21.8. The van der Waals surface area contributed by atoms with Gasteiger partial charge in [-0.05, 0) is 55.0 Å². The van der Waals surface area contributed by atoms with E-state index in [2.05, 4.69) is 10.6 Å². The molecule has 0 atom stereocenters. The van der Waals surface area contributed by atoms with Crippen molar-refractivity contribution in [3.63, 3.8) is 0 Å². The fraction of sp³-hybridized carbons (Fsp3) is 0.350. The molecular weight excluding hydrogens is 414 g/mol. The molecule has 1 aliphatic carbocycles. The first-order valence-corrected chi connectivity index (χ1v) is 9.00. The van der Waals surface area contributed by atoms with E-state index in [-0.39, 0.29) is 23.6 Å². The number of nitrogens with one attached hydrogen (secondary N) is 2. The first-order valence-electron chi connectivity index (χ1n) is 9.00. The minimum Gasteiger partial charge on any atom is -0.490 e. The molecule has 0 saturated heterocycles. The van der Waals surface area contributed by atoms with Crippen molar-refractivity contribution in [3.05, 3.63) is 59.2 Å². The molecular formula is C20H18F6N2O2. The molecule has 1 fully saturated rings. The number of carbonyl (C=O) groups excluding carboxylic acids is 1. The number of halogens is 6. The number of hydrogen-bond donors (Lipinski definition) is 2. The number of hydrogen-bond acceptors (Lipinski definition) is 2. The van der Waals surface area contributed by atoms with Crippen LogP contribution in [-0.4, -0.2) is 18.2 Å². The molecule has 10 heteroatoms. The zero-order valence-corrected chi connectivity index (χ0v) is 15.7. The van der Waals surface area contributed by atoms with E-state index < -0.39 is 29.5 Å². The van der Waals surface area contributed by atoms with Crippen molar-refractivity contribution in [1.82, 2.24) is 5.32 Å². The standard InChI is InChI=1S/C20H18F6N2O2/c1-11-6-13(20(24,25)26)8-14(7-11)27-18(29)28-15-9-17(10-15)30-16-4-2-12(3-5-16)19(21,22)23/h2-8,15,17H,9-10H2,1H3,(H2,27,28,29)/t15-,17-. The molecule has 0 bridgehead atoms. The van der Waals surface area contributed by atoms with Gasteiger partial charge in [-0.1, -0.05) is 0 Å². The molecule has 0 unspecified atom stereocenters. The van der Waals surface area contributed by atoms with E-state index in [9.17, 15) is 31.1 Å². The van der Waals surface area contributed by atoms with Crippen molar-refractivity contribution < 1.29 is 35.9 Å². The maximum Gasteiger partial charge on any atom is 0.416 e. The van der Waals surface area contributed by atoms with Gasteiger partial charge in [0.25, 0.3) is 0 Å². The molecule has 2 aromatic rings. The maximum atomic E-state index is 12.9. The van der Waals surface area contributed by atoms with Crippen LogP contribution in [0.4, 0.5) is 36.8 Å². The summed E-state index contributed by atoms with van der Waals surface area (Å²) in [7, 11) is 0. The molecule has 30 heavy (non-hydrogen) atoms. The van der Waals surface area contributed by atoms with Gasteiger partial charge in [0, 0.05) is 24.6 Å². The fourth-order valence-electron chi connectivity index (χ4n) is 3.07. The van der Waals surface area contributed by atoms with Gasteiger partial charge in [0.15, 0.2) is 0 Å². The van der Waals surface area contributed by atoms with Gasteiger partial charge in [-0.25, -0.2) is 4.79 Å². The summed E-state index contributed by atoms with van der Waals surface area (Å²) in [6.45, 7) is 1.49. The van der Waals surface area contributed by atoms with E-state index >= 15 is 0 Å². The lowest BCUT2D eigenvalue weighted by molar-refractivity contribution is -0.138. The quantitative estimate of drug-likeness (QED) is 0.604. The van der Waals surface area contributed by atoms with Crippen LogP contribution in [-0.2, 0) is 12.4 Å². The second kappa shape index (κ2) is 8.08. The summed E-state index contributed by atoms with van der Waals surface area (Å²) in [6.07, 6.45) is -8.36. The zero-order valence-electron chi connectivity index (χ0n) is 15.7. The highest BCUT2D eigenvalue weighted by molar-refractivity contribution is 5.89. The molecule has 1 aliphatic rings. The van der Waals surface area contributed by atoms with Crippen LogP contribution < -0.4 is 15.4 Å². The summed E-state index contributed by atoms with van der Waals surface area (Å²) in [5.41, 5.74) is -1.25. The van der Waals surface area contributed by atoms with Crippen molar-refractivity contribution in [2.75, 3.05) is 5.32 Å². The third-order valence-electron chi connectivity index (χ3n) is 4.58. The lowest BCUT2D eigenvalue weighted by Gasteiger charge is -2.35. The largest absolute Gasteiger partial charge is 0.490 e. The molecule has 2 N–H and O–H groups in total. The highest BCUT2D eigenvalue weighted by Gasteiger charge is 2.34. The second-order valence-electron chi connectivity index (χ2n) is 7.11. The molecule has 0 radical (unpaired) electrons. The van der Waals surface area contributed by atoms with Gasteiger partial charge < -0.3 is 15.4 Å². The number of aryl methyl sites for hydroxylation is 1. The van der Waals surface area contributed by atoms with E-state index in [0.717, 1.165) is 24.3 Å². The highest BCUT2D eigenvalue weighted by atomic mass is 19.4. The van der Waals surface area contributed by atoms with Gasteiger partial charge >= 0.3 is 18.4 Å². The van der Waals surface area contributed by atoms with Crippen LogP contribution in [0.3, 0.4) is 0 Å². The summed E-state index contributed by atoms with van der Waals surface area (Å²) in [4.78, 5) is 12.0. The smallest absolute Gasteiger partial charge is 0.416 e. The molecule has 1 saturated carbocycles. The third kappa shape index (κ3) is 5.58. The van der Waals surface area contributed by atoms with E-state index in [1.54, 1.807) is 0 Å². The number of benzene rings is 2. The number of alkyl halides is 6. The Hall–Kier alpha value is -2.91. The lowest BCUT2D eigenvalue weighted by Crippen LogP contribution is -2.50. The summed E-state index contributed by atoms with van der Waals surface area (Å²) in [6, 6.07) is 6.66. The molecule has 2 amide bonds. The molecule has 162 valence electrons. The number of anilines is 1. The predicted molar refractivity (Wildman–Crippen MR) is 97.2 cm³/mol. The van der Waals surface area contributed by atoms with Crippen molar-refractivity contribution in [2.24, 2.45) is 0 Å². The molecule has 2 aromatic carbocycles. The Labute approximate surface area is 168 Å². The average Bonchev–Trinajstić information content (AvgIpc) is 2.58. The van der Waals surface area contributed by atoms with Gasteiger partial charge in [-0.2, -0.15) is 26.3 Å². The van der Waals surface area contributed by atoms with Gasteiger partial charge in [-0.3, -0.25) is 0 Å². The van der Waals surface area contributed by atoms with Crippen LogP contribution >= 0.6 is 0 Å². The second-order valence-corrected chi connectivity index (χ2v) is 7.11. The Bertz CT molecular complexity index is 903. The lowest BCUT2D eigenvalue weighted by atomic mass is 9.89. The minimum absolute atomic E-state index is 0.0247. The van der Waals surface area contributed by atoms with Crippen LogP contribution in [0.1, 0.15) is 29.5 Å². The van der Waals surface area contributed by atoms with Crippen LogP contribution in [0, 0.1) is 6.92 Å². The topological polar surface area (TPSA) is 50.4 Å². The van der Waals surface area contributed by atoms with E-state index in [4.69, 9.17) is 4.74 Å². The summed E-state index contributed by atoms with van der Waals surface area (Å²) in [5.74, 6) is 0.287. The Morgan fingerprint density at radius 1 is 0.933 bits per heavy atom. The molecule has 4 nitrogen and oxygen atoms in total. The normalized spacial score (nSPS) is 19.0. The summed E-state index contributed by atoms with van der Waals surface area (Å²) < 4.78 is 81.8. The van der Waals surface area contributed by atoms with Gasteiger partial charge in [0.1, 0.15) is 11.9 Å². The van der Waals surface area contributed by atoms with Crippen LogP contribution in [0.2, 0.25) is 0 Å². The third-order valence-corrected chi connectivity index (χ3v) is 4.58. The molecule has 0 spiro atoms. The number of amides is 2. The summed E-state index contributed by atoms with van der Waals surface area (Å²) >= 11 is 0. The van der Waals surface area contributed by atoms with Crippen LogP contribution in [0.5, 0.6) is 5.75 Å². The van der Waals surface area contributed by atoms with Gasteiger partial charge in [0.2, 0.25) is 0 Å². The van der Waals surface area contributed by atoms with E-state index in [1.807, 2.05) is 0 Å². The number of urea groups is 1. The minimum atomic E-state index is -4.52. The summed E-state index contributed by atoms with van der Waals surface area (Å²) in [5, 5.41) is 5.01. The Morgan fingerprint density at radius 3 is 2.10 bits per heavy atom. The molecule has 0 aromatic heterocycles. The van der Waals surface area contributed by atoms with Crippen molar-refractivity contribution >= 4 is 11.7 Å². The number of carbonyl (C=O) groups is 1. The van der Waals surface area contributed by atoms with Gasteiger partial charge in [-0.15, -0.1) is 0 Å². The van der Waals surface area contributed by atoms with E-state index in [1.165, 1.54) is 25.1 Å². The molecule has 0 heterocycles. The molecule has 0 aliphatic heterocycles. The highest BCUT2D eigenvalue weighted by Crippen LogP contribution is 2.33. The van der Waals surface area contributed by atoms with Crippen molar-refractivity contribution in [3.8, 4) is 5.75 Å². The first-order chi connectivity index (χ1) is 13.9. The fourth-order valence-corrected chi connectivity index (χ4v) is 3.07. The van der Waals surface area contributed by atoms with Crippen molar-refractivity contribution in [1.29, 1.82) is 0 Å². The predicted octanol–water partition coefficient (Wildman–Crippen LogP) is 5.76. The van der Waals surface area contributed by atoms with Crippen LogP contribution in [0.25, 0.3) is 0 Å². The monoisotopic (exact) mass is 432 g/mol. The zero-order chi connectivity index (χ0) is 22.1.